The molecule has 0 radical (unpaired) electrons. The molecule has 7 heteroatoms. The maximum absolute atomic E-state index is 12.9. The van der Waals surface area contributed by atoms with Gasteiger partial charge in [-0.3, -0.25) is 0 Å². The van der Waals surface area contributed by atoms with E-state index in [1.807, 2.05) is 6.92 Å². The van der Waals surface area contributed by atoms with Crippen molar-refractivity contribution in [1.29, 1.82) is 0 Å². The first-order valence-electron chi connectivity index (χ1n) is 5.70. The summed E-state index contributed by atoms with van der Waals surface area (Å²) in [6, 6.07) is 0. The van der Waals surface area contributed by atoms with Crippen molar-refractivity contribution in [2.75, 3.05) is 0 Å². The number of fused-ring (bicyclic) bond motifs is 1. The van der Waals surface area contributed by atoms with Crippen LogP contribution in [-0.2, 0) is 0 Å². The number of hydrogen-bond acceptors (Lipinski definition) is 3. The first kappa shape index (κ1) is 13.4. The molecule has 0 bridgehead atoms. The van der Waals surface area contributed by atoms with E-state index < -0.39 is 11.7 Å². The predicted molar refractivity (Wildman–Crippen MR) is 63.8 cm³/mol. The van der Waals surface area contributed by atoms with E-state index in [4.69, 9.17) is 11.6 Å². The quantitative estimate of drug-likeness (QED) is 0.786. The minimum absolute atomic E-state index is 0.226. The van der Waals surface area contributed by atoms with E-state index in [9.17, 15) is 13.2 Å². The highest BCUT2D eigenvalue weighted by Crippen LogP contribution is 2.38. The minimum Gasteiger partial charge on any atom is -0.246 e. The molecule has 100 valence electrons. The van der Waals surface area contributed by atoms with Crippen LogP contribution in [0.2, 0.25) is 0 Å². The molecule has 0 aromatic heterocycles. The zero-order valence-electron chi connectivity index (χ0n) is 9.98. The molecule has 1 atom stereocenters. The normalized spacial score (nSPS) is 24.1. The van der Waals surface area contributed by atoms with Crippen molar-refractivity contribution in [2.24, 2.45) is 4.99 Å². The zero-order chi connectivity index (χ0) is 13.5. The molecule has 0 fully saturated rings. The standard InChI is InChI=1S/C11H13ClF3N3/c1-3-6-5-7(11(13,14)15)9(12)18-10(6)16-8(4-2)17-18/h5,8,17H,3-4H2,1-2H3. The van der Waals surface area contributed by atoms with E-state index >= 15 is 0 Å². The molecule has 2 heterocycles. The third-order valence-corrected chi connectivity index (χ3v) is 3.24. The van der Waals surface area contributed by atoms with Gasteiger partial charge < -0.3 is 0 Å². The van der Waals surface area contributed by atoms with Gasteiger partial charge in [-0.25, -0.2) is 15.4 Å². The Balaban J connectivity index is 2.47. The first-order chi connectivity index (χ1) is 8.38. The summed E-state index contributed by atoms with van der Waals surface area (Å²) in [6.45, 7) is 3.69. The van der Waals surface area contributed by atoms with Crippen LogP contribution in [-0.4, -0.2) is 23.2 Å². The SMILES string of the molecule is CCC1=CC(C(F)(F)F)=C(Cl)N2NC(CC)N=C12. The van der Waals surface area contributed by atoms with Crippen LogP contribution in [0.25, 0.3) is 0 Å². The molecule has 0 spiro atoms. The van der Waals surface area contributed by atoms with E-state index in [1.165, 1.54) is 5.01 Å². The lowest BCUT2D eigenvalue weighted by Crippen LogP contribution is -2.42. The third-order valence-electron chi connectivity index (χ3n) is 2.87. The highest BCUT2D eigenvalue weighted by molar-refractivity contribution is 6.32. The fourth-order valence-corrected chi connectivity index (χ4v) is 2.17. The molecule has 2 aliphatic rings. The van der Waals surface area contributed by atoms with Crippen LogP contribution in [0, 0.1) is 0 Å². The summed E-state index contributed by atoms with van der Waals surface area (Å²) < 4.78 is 38.6. The summed E-state index contributed by atoms with van der Waals surface area (Å²) in [6.07, 6.45) is -2.46. The molecule has 0 saturated heterocycles. The zero-order valence-corrected chi connectivity index (χ0v) is 10.7. The molecule has 1 unspecified atom stereocenters. The second kappa shape index (κ2) is 4.59. The number of hydrogen-bond donors (Lipinski definition) is 1. The summed E-state index contributed by atoms with van der Waals surface area (Å²) in [5, 5.41) is 0.867. The van der Waals surface area contributed by atoms with Gasteiger partial charge in [-0.2, -0.15) is 13.2 Å². The number of allylic oxidation sites excluding steroid dienone is 2. The lowest BCUT2D eigenvalue weighted by molar-refractivity contribution is -0.0897. The average molecular weight is 280 g/mol. The molecular weight excluding hydrogens is 267 g/mol. The van der Waals surface area contributed by atoms with Gasteiger partial charge in [0.1, 0.15) is 17.2 Å². The molecule has 18 heavy (non-hydrogen) atoms. The summed E-state index contributed by atoms with van der Waals surface area (Å²) in [5.41, 5.74) is 2.57. The number of halogens is 4. The lowest BCUT2D eigenvalue weighted by Gasteiger charge is -2.28. The van der Waals surface area contributed by atoms with Gasteiger partial charge in [0.15, 0.2) is 0 Å². The van der Waals surface area contributed by atoms with Crippen LogP contribution in [0.5, 0.6) is 0 Å². The predicted octanol–water partition coefficient (Wildman–Crippen LogP) is 3.30. The van der Waals surface area contributed by atoms with Crippen molar-refractivity contribution in [3.63, 3.8) is 0 Å². The van der Waals surface area contributed by atoms with E-state index in [2.05, 4.69) is 10.4 Å². The van der Waals surface area contributed by atoms with E-state index in [-0.39, 0.29) is 11.3 Å². The van der Waals surface area contributed by atoms with Crippen LogP contribution in [0.1, 0.15) is 26.7 Å². The second-order valence-corrected chi connectivity index (χ2v) is 4.42. The summed E-state index contributed by atoms with van der Waals surface area (Å²) in [5.74, 6) is 0.488. The van der Waals surface area contributed by atoms with Gasteiger partial charge in [-0.1, -0.05) is 25.4 Å². The number of hydrazine groups is 1. The maximum Gasteiger partial charge on any atom is 0.419 e. The topological polar surface area (TPSA) is 27.6 Å². The fraction of sp³-hybridized carbons (Fsp3) is 0.545. The van der Waals surface area contributed by atoms with Gasteiger partial charge in [0.25, 0.3) is 0 Å². The highest BCUT2D eigenvalue weighted by atomic mass is 35.5. The Bertz CT molecular complexity index is 451. The Kier molecular flexibility index (Phi) is 3.42. The van der Waals surface area contributed by atoms with Gasteiger partial charge in [0, 0.05) is 0 Å². The van der Waals surface area contributed by atoms with Crippen LogP contribution in [0.3, 0.4) is 0 Å². The van der Waals surface area contributed by atoms with Crippen molar-refractivity contribution in [1.82, 2.24) is 10.4 Å². The highest BCUT2D eigenvalue weighted by Gasteiger charge is 2.42. The van der Waals surface area contributed by atoms with Gasteiger partial charge in [0.2, 0.25) is 0 Å². The molecule has 0 aromatic carbocycles. The van der Waals surface area contributed by atoms with Crippen molar-refractivity contribution < 1.29 is 13.2 Å². The Morgan fingerprint density at radius 2 is 2.11 bits per heavy atom. The van der Waals surface area contributed by atoms with Crippen molar-refractivity contribution in [3.8, 4) is 0 Å². The molecule has 0 aromatic rings. The molecular formula is C11H13ClF3N3. The smallest absolute Gasteiger partial charge is 0.246 e. The van der Waals surface area contributed by atoms with Crippen molar-refractivity contribution >= 4 is 17.4 Å². The van der Waals surface area contributed by atoms with Gasteiger partial charge in [0.05, 0.1) is 5.57 Å². The molecule has 0 saturated carbocycles. The van der Waals surface area contributed by atoms with E-state index in [0.717, 1.165) is 6.08 Å². The van der Waals surface area contributed by atoms with E-state index in [1.54, 1.807) is 6.92 Å². The Morgan fingerprint density at radius 1 is 1.44 bits per heavy atom. The number of nitrogens with zero attached hydrogens (tertiary/aromatic N) is 2. The first-order valence-corrected chi connectivity index (χ1v) is 6.08. The van der Waals surface area contributed by atoms with E-state index in [0.29, 0.717) is 24.3 Å². The monoisotopic (exact) mass is 279 g/mol. The molecule has 3 nitrogen and oxygen atoms in total. The number of nitrogens with one attached hydrogen (secondary N) is 1. The summed E-state index contributed by atoms with van der Waals surface area (Å²) in [7, 11) is 0. The van der Waals surface area contributed by atoms with Gasteiger partial charge >= 0.3 is 6.18 Å². The molecule has 2 rings (SSSR count). The second-order valence-electron chi connectivity index (χ2n) is 4.07. The molecule has 1 N–H and O–H groups in total. The molecule has 2 aliphatic heterocycles. The summed E-state index contributed by atoms with van der Waals surface area (Å²) >= 11 is 5.81. The van der Waals surface area contributed by atoms with Crippen LogP contribution in [0.4, 0.5) is 13.2 Å². The average Bonchev–Trinajstić information content (AvgIpc) is 2.72. The van der Waals surface area contributed by atoms with Crippen molar-refractivity contribution in [3.05, 3.63) is 22.4 Å². The molecule has 0 aliphatic carbocycles. The Hall–Kier alpha value is -1.01. The fourth-order valence-electron chi connectivity index (χ4n) is 1.88. The van der Waals surface area contributed by atoms with Crippen LogP contribution in [0.15, 0.2) is 27.4 Å². The number of rotatable bonds is 2. The largest absolute Gasteiger partial charge is 0.419 e. The summed E-state index contributed by atoms with van der Waals surface area (Å²) in [4.78, 5) is 4.32. The number of amidine groups is 1. The molecule has 0 amide bonds. The van der Waals surface area contributed by atoms with Crippen LogP contribution < -0.4 is 5.43 Å². The van der Waals surface area contributed by atoms with Gasteiger partial charge in [-0.05, 0) is 24.5 Å². The van der Waals surface area contributed by atoms with Crippen LogP contribution >= 0.6 is 11.6 Å². The van der Waals surface area contributed by atoms with Crippen molar-refractivity contribution in [2.45, 2.75) is 39.0 Å². The minimum atomic E-state index is -4.46. The number of alkyl halides is 3. The Morgan fingerprint density at radius 3 is 2.61 bits per heavy atom. The lowest BCUT2D eigenvalue weighted by atomic mass is 10.0. The number of aliphatic imine (C=N–C) groups is 1. The van der Waals surface area contributed by atoms with Gasteiger partial charge in [-0.15, -0.1) is 0 Å². The third kappa shape index (κ3) is 2.14. The Labute approximate surface area is 108 Å². The maximum atomic E-state index is 12.9.